The molecule has 0 aromatic heterocycles. The maximum absolute atomic E-state index is 12.0. The van der Waals surface area contributed by atoms with Crippen molar-refractivity contribution >= 4 is 41.0 Å². The van der Waals surface area contributed by atoms with Crippen molar-refractivity contribution in [2.75, 3.05) is 20.1 Å². The van der Waals surface area contributed by atoms with Crippen LogP contribution in [0.5, 0.6) is 0 Å². The summed E-state index contributed by atoms with van der Waals surface area (Å²) in [6.45, 7) is 1.44. The Morgan fingerprint density at radius 1 is 1.36 bits per heavy atom. The van der Waals surface area contributed by atoms with Crippen LogP contribution in [0.3, 0.4) is 0 Å². The molecule has 0 bridgehead atoms. The van der Waals surface area contributed by atoms with E-state index in [-0.39, 0.29) is 25.0 Å². The van der Waals surface area contributed by atoms with Gasteiger partial charge in [-0.3, -0.25) is 14.5 Å². The SMILES string of the molecule is CC(NC(=O)CN1C(=O)CN(C)C1=O)c1ccc(Cl)cc1Cl. The summed E-state index contributed by atoms with van der Waals surface area (Å²) in [7, 11) is 1.51. The number of carbonyl (C=O) groups excluding carboxylic acids is 3. The van der Waals surface area contributed by atoms with Crippen LogP contribution in [0.1, 0.15) is 18.5 Å². The van der Waals surface area contributed by atoms with Crippen LogP contribution in [0.2, 0.25) is 10.0 Å². The van der Waals surface area contributed by atoms with Crippen molar-refractivity contribution in [3.8, 4) is 0 Å². The summed E-state index contributed by atoms with van der Waals surface area (Å²) in [4.78, 5) is 37.5. The number of hydrogen-bond donors (Lipinski definition) is 1. The van der Waals surface area contributed by atoms with E-state index in [0.29, 0.717) is 15.6 Å². The molecule has 1 saturated heterocycles. The van der Waals surface area contributed by atoms with Gasteiger partial charge in [-0.25, -0.2) is 4.79 Å². The minimum Gasteiger partial charge on any atom is -0.348 e. The van der Waals surface area contributed by atoms with Gasteiger partial charge in [0.1, 0.15) is 13.1 Å². The number of urea groups is 1. The molecule has 6 nitrogen and oxygen atoms in total. The molecule has 1 aliphatic rings. The molecule has 1 atom stereocenters. The standard InChI is InChI=1S/C14H15Cl2N3O3/c1-8(10-4-3-9(15)5-11(10)16)17-12(20)6-19-13(21)7-18(2)14(19)22/h3-5,8H,6-7H2,1-2H3,(H,17,20). The van der Waals surface area contributed by atoms with Gasteiger partial charge in [-0.15, -0.1) is 0 Å². The van der Waals surface area contributed by atoms with Crippen LogP contribution in [0.15, 0.2) is 18.2 Å². The number of likely N-dealkylation sites (N-methyl/N-ethyl adjacent to an activating group) is 1. The predicted octanol–water partition coefficient (Wildman–Crippen LogP) is 2.06. The second-order valence-corrected chi connectivity index (χ2v) is 5.92. The highest BCUT2D eigenvalue weighted by Gasteiger charge is 2.34. The van der Waals surface area contributed by atoms with E-state index in [2.05, 4.69) is 5.32 Å². The lowest BCUT2D eigenvalue weighted by molar-refractivity contribution is -0.131. The van der Waals surface area contributed by atoms with Gasteiger partial charge in [0.25, 0.3) is 5.91 Å². The topological polar surface area (TPSA) is 69.7 Å². The van der Waals surface area contributed by atoms with E-state index in [4.69, 9.17) is 23.2 Å². The Balaban J connectivity index is 2.00. The zero-order valence-corrected chi connectivity index (χ0v) is 13.6. The van der Waals surface area contributed by atoms with Gasteiger partial charge in [0, 0.05) is 17.1 Å². The fourth-order valence-corrected chi connectivity index (χ4v) is 2.76. The third-order valence-electron chi connectivity index (χ3n) is 3.34. The molecule has 1 aliphatic heterocycles. The van der Waals surface area contributed by atoms with E-state index >= 15 is 0 Å². The lowest BCUT2D eigenvalue weighted by Gasteiger charge is -2.18. The Labute approximate surface area is 138 Å². The summed E-state index contributed by atoms with van der Waals surface area (Å²) in [5.41, 5.74) is 0.704. The first-order valence-corrected chi connectivity index (χ1v) is 7.35. The molecule has 0 spiro atoms. The third kappa shape index (κ3) is 3.51. The highest BCUT2D eigenvalue weighted by molar-refractivity contribution is 6.35. The number of nitrogens with one attached hydrogen (secondary N) is 1. The van der Waals surface area contributed by atoms with E-state index in [1.54, 1.807) is 25.1 Å². The molecule has 1 unspecified atom stereocenters. The van der Waals surface area contributed by atoms with Crippen LogP contribution in [0.4, 0.5) is 4.79 Å². The molecule has 118 valence electrons. The van der Waals surface area contributed by atoms with Gasteiger partial charge in [-0.1, -0.05) is 29.3 Å². The molecule has 1 aromatic carbocycles. The fourth-order valence-electron chi connectivity index (χ4n) is 2.19. The van der Waals surface area contributed by atoms with Crippen molar-refractivity contribution in [2.45, 2.75) is 13.0 Å². The fraction of sp³-hybridized carbons (Fsp3) is 0.357. The first-order valence-electron chi connectivity index (χ1n) is 6.59. The Morgan fingerprint density at radius 3 is 2.59 bits per heavy atom. The molecule has 1 fully saturated rings. The number of rotatable bonds is 4. The number of halogens is 2. The molecular formula is C14H15Cl2N3O3. The van der Waals surface area contributed by atoms with Crippen molar-refractivity contribution in [3.63, 3.8) is 0 Å². The Morgan fingerprint density at radius 2 is 2.05 bits per heavy atom. The smallest absolute Gasteiger partial charge is 0.327 e. The second-order valence-electron chi connectivity index (χ2n) is 5.07. The van der Waals surface area contributed by atoms with Crippen LogP contribution in [0.25, 0.3) is 0 Å². The zero-order chi connectivity index (χ0) is 16.4. The van der Waals surface area contributed by atoms with Crippen LogP contribution >= 0.6 is 23.2 Å². The molecule has 2 rings (SSSR count). The van der Waals surface area contributed by atoms with E-state index in [1.807, 2.05) is 0 Å². The Bertz CT molecular complexity index is 636. The minimum absolute atomic E-state index is 0.00925. The first-order chi connectivity index (χ1) is 10.3. The third-order valence-corrected chi connectivity index (χ3v) is 3.90. The van der Waals surface area contributed by atoms with Crippen LogP contribution < -0.4 is 5.32 Å². The largest absolute Gasteiger partial charge is 0.348 e. The highest BCUT2D eigenvalue weighted by atomic mass is 35.5. The van der Waals surface area contributed by atoms with Gasteiger partial charge in [0.05, 0.1) is 6.04 Å². The molecule has 1 N–H and O–H groups in total. The molecule has 0 aliphatic carbocycles. The van der Waals surface area contributed by atoms with Gasteiger partial charge in [-0.2, -0.15) is 0 Å². The quantitative estimate of drug-likeness (QED) is 0.850. The molecule has 1 heterocycles. The van der Waals surface area contributed by atoms with Crippen LogP contribution in [0, 0.1) is 0 Å². The maximum Gasteiger partial charge on any atom is 0.327 e. The number of nitrogens with zero attached hydrogens (tertiary/aromatic N) is 2. The Kier molecular flexibility index (Phi) is 4.93. The van der Waals surface area contributed by atoms with Crippen LogP contribution in [-0.4, -0.2) is 47.8 Å². The van der Waals surface area contributed by atoms with Crippen molar-refractivity contribution in [1.29, 1.82) is 0 Å². The van der Waals surface area contributed by atoms with E-state index in [1.165, 1.54) is 11.9 Å². The lowest BCUT2D eigenvalue weighted by atomic mass is 10.1. The molecular weight excluding hydrogens is 329 g/mol. The van der Waals surface area contributed by atoms with Crippen molar-refractivity contribution in [2.24, 2.45) is 0 Å². The average molecular weight is 344 g/mol. The molecule has 8 heteroatoms. The van der Waals surface area contributed by atoms with Gasteiger partial charge in [0.2, 0.25) is 5.91 Å². The van der Waals surface area contributed by atoms with Crippen molar-refractivity contribution in [1.82, 2.24) is 15.1 Å². The van der Waals surface area contributed by atoms with E-state index < -0.39 is 11.9 Å². The zero-order valence-electron chi connectivity index (χ0n) is 12.1. The molecule has 1 aromatic rings. The maximum atomic E-state index is 12.0. The van der Waals surface area contributed by atoms with E-state index in [0.717, 1.165) is 4.90 Å². The highest BCUT2D eigenvalue weighted by Crippen LogP contribution is 2.26. The molecule has 22 heavy (non-hydrogen) atoms. The van der Waals surface area contributed by atoms with Gasteiger partial charge < -0.3 is 10.2 Å². The summed E-state index contributed by atoms with van der Waals surface area (Å²) in [5, 5.41) is 3.65. The van der Waals surface area contributed by atoms with Crippen LogP contribution in [-0.2, 0) is 9.59 Å². The summed E-state index contributed by atoms with van der Waals surface area (Å²) < 4.78 is 0. The number of hydrogen-bond acceptors (Lipinski definition) is 3. The summed E-state index contributed by atoms with van der Waals surface area (Å²) in [6.07, 6.45) is 0. The minimum atomic E-state index is -0.475. The van der Waals surface area contributed by atoms with Crippen molar-refractivity contribution < 1.29 is 14.4 Å². The van der Waals surface area contributed by atoms with Crippen molar-refractivity contribution in [3.05, 3.63) is 33.8 Å². The Hall–Kier alpha value is -1.79. The average Bonchev–Trinajstić information content (AvgIpc) is 2.65. The predicted molar refractivity (Wildman–Crippen MR) is 82.8 cm³/mol. The molecule has 0 radical (unpaired) electrons. The summed E-state index contributed by atoms with van der Waals surface area (Å²) >= 11 is 11.9. The lowest BCUT2D eigenvalue weighted by Crippen LogP contribution is -2.41. The number of imide groups is 1. The number of amides is 4. The second kappa shape index (κ2) is 6.54. The van der Waals surface area contributed by atoms with Gasteiger partial charge >= 0.3 is 6.03 Å². The summed E-state index contributed by atoms with van der Waals surface area (Å²) in [6, 6.07) is 4.13. The normalized spacial score (nSPS) is 16.2. The van der Waals surface area contributed by atoms with Gasteiger partial charge in [-0.05, 0) is 24.6 Å². The van der Waals surface area contributed by atoms with Gasteiger partial charge in [0.15, 0.2) is 0 Å². The first kappa shape index (κ1) is 16.6. The molecule has 4 amide bonds. The monoisotopic (exact) mass is 343 g/mol. The van der Waals surface area contributed by atoms with E-state index in [9.17, 15) is 14.4 Å². The number of carbonyl (C=O) groups is 3. The molecule has 0 saturated carbocycles. The number of benzene rings is 1. The summed E-state index contributed by atoms with van der Waals surface area (Å²) in [5.74, 6) is -0.824.